The molecule has 0 aliphatic carbocycles. The van der Waals surface area contributed by atoms with Gasteiger partial charge in [0.25, 0.3) is 11.8 Å². The molecule has 2 aromatic carbocycles. The second kappa shape index (κ2) is 9.59. The molecule has 166 valence electrons. The molecule has 1 N–H and O–H groups in total. The number of fused-ring (bicyclic) bond motifs is 1. The van der Waals surface area contributed by atoms with Gasteiger partial charge in [-0.2, -0.15) is 0 Å². The van der Waals surface area contributed by atoms with E-state index in [1.165, 1.54) is 4.90 Å². The van der Waals surface area contributed by atoms with E-state index >= 15 is 0 Å². The first kappa shape index (κ1) is 22.3. The number of hydrogen-bond donors (Lipinski definition) is 1. The van der Waals surface area contributed by atoms with Crippen molar-refractivity contribution in [1.82, 2.24) is 0 Å². The third-order valence-electron chi connectivity index (χ3n) is 4.73. The molecule has 1 atom stereocenters. The molecule has 0 spiro atoms. The van der Waals surface area contributed by atoms with Gasteiger partial charge in [0.2, 0.25) is 5.75 Å². The first-order valence-corrected chi connectivity index (χ1v) is 10.4. The normalized spacial score (nSPS) is 15.1. The Morgan fingerprint density at radius 3 is 2.23 bits per heavy atom. The third kappa shape index (κ3) is 4.68. The number of amides is 2. The lowest BCUT2D eigenvalue weighted by Gasteiger charge is -2.30. The Labute approximate surface area is 182 Å². The molecule has 1 aliphatic rings. The molecule has 1 heterocycles. The van der Waals surface area contributed by atoms with Gasteiger partial charge < -0.3 is 29.2 Å². The minimum absolute atomic E-state index is 0.148. The Balaban J connectivity index is 1.90. The Morgan fingerprint density at radius 1 is 1.03 bits per heavy atom. The predicted octanol–water partition coefficient (Wildman–Crippen LogP) is 3.88. The van der Waals surface area contributed by atoms with Crippen LogP contribution in [0.2, 0.25) is 0 Å². The fourth-order valence-electron chi connectivity index (χ4n) is 3.31. The molecule has 8 nitrogen and oxygen atoms in total. The SMILES string of the molecule is CCOc1cc(C(=O)Nc2ccc3c(c2)N(C)C(=O)C(C)O3)cc(OCC)c1OCC. The van der Waals surface area contributed by atoms with Gasteiger partial charge in [0.15, 0.2) is 17.6 Å². The zero-order valence-corrected chi connectivity index (χ0v) is 18.5. The van der Waals surface area contributed by atoms with E-state index in [0.29, 0.717) is 59.8 Å². The molecule has 0 fully saturated rings. The zero-order valence-electron chi connectivity index (χ0n) is 18.5. The number of carbonyl (C=O) groups excluding carboxylic acids is 2. The minimum Gasteiger partial charge on any atom is -0.490 e. The fourth-order valence-corrected chi connectivity index (χ4v) is 3.31. The molecule has 1 aliphatic heterocycles. The first-order chi connectivity index (χ1) is 14.9. The first-order valence-electron chi connectivity index (χ1n) is 10.4. The molecule has 0 bridgehead atoms. The average Bonchev–Trinajstić information content (AvgIpc) is 2.75. The topological polar surface area (TPSA) is 86.3 Å². The molecule has 0 saturated heterocycles. The lowest BCUT2D eigenvalue weighted by atomic mass is 10.1. The molecular weight excluding hydrogens is 400 g/mol. The van der Waals surface area contributed by atoms with Crippen LogP contribution in [-0.4, -0.2) is 44.8 Å². The number of benzene rings is 2. The van der Waals surface area contributed by atoms with E-state index in [4.69, 9.17) is 18.9 Å². The number of carbonyl (C=O) groups is 2. The number of nitrogens with zero attached hydrogens (tertiary/aromatic N) is 1. The summed E-state index contributed by atoms with van der Waals surface area (Å²) in [6, 6.07) is 8.43. The van der Waals surface area contributed by atoms with Gasteiger partial charge in [-0.15, -0.1) is 0 Å². The molecule has 2 amide bonds. The van der Waals surface area contributed by atoms with Gasteiger partial charge >= 0.3 is 0 Å². The van der Waals surface area contributed by atoms with E-state index in [9.17, 15) is 9.59 Å². The van der Waals surface area contributed by atoms with E-state index in [0.717, 1.165) is 0 Å². The number of rotatable bonds is 8. The van der Waals surface area contributed by atoms with Crippen molar-refractivity contribution in [3.8, 4) is 23.0 Å². The summed E-state index contributed by atoms with van der Waals surface area (Å²) >= 11 is 0. The van der Waals surface area contributed by atoms with Gasteiger partial charge in [0.05, 0.1) is 25.5 Å². The van der Waals surface area contributed by atoms with Crippen LogP contribution in [0.1, 0.15) is 38.1 Å². The summed E-state index contributed by atoms with van der Waals surface area (Å²) in [5.74, 6) is 1.46. The highest BCUT2D eigenvalue weighted by Crippen LogP contribution is 2.40. The maximum Gasteiger partial charge on any atom is 0.267 e. The van der Waals surface area contributed by atoms with Crippen LogP contribution in [0.25, 0.3) is 0 Å². The van der Waals surface area contributed by atoms with E-state index in [1.807, 2.05) is 20.8 Å². The second-order valence-electron chi connectivity index (χ2n) is 6.89. The molecule has 3 rings (SSSR count). The van der Waals surface area contributed by atoms with Crippen LogP contribution in [0.5, 0.6) is 23.0 Å². The van der Waals surface area contributed by atoms with E-state index < -0.39 is 6.10 Å². The number of anilines is 2. The zero-order chi connectivity index (χ0) is 22.5. The minimum atomic E-state index is -0.546. The quantitative estimate of drug-likeness (QED) is 0.687. The van der Waals surface area contributed by atoms with E-state index in [1.54, 1.807) is 44.3 Å². The summed E-state index contributed by atoms with van der Waals surface area (Å²) in [6.45, 7) is 8.56. The van der Waals surface area contributed by atoms with Crippen LogP contribution < -0.4 is 29.2 Å². The van der Waals surface area contributed by atoms with Gasteiger partial charge in [-0.3, -0.25) is 9.59 Å². The van der Waals surface area contributed by atoms with Gasteiger partial charge in [0, 0.05) is 18.3 Å². The summed E-state index contributed by atoms with van der Waals surface area (Å²) in [5.41, 5.74) is 1.49. The highest BCUT2D eigenvalue weighted by Gasteiger charge is 2.29. The van der Waals surface area contributed by atoms with Crippen LogP contribution in [0, 0.1) is 0 Å². The molecule has 31 heavy (non-hydrogen) atoms. The Hall–Kier alpha value is -3.42. The van der Waals surface area contributed by atoms with E-state index in [2.05, 4.69) is 5.32 Å². The lowest BCUT2D eigenvalue weighted by Crippen LogP contribution is -2.41. The van der Waals surface area contributed by atoms with Crippen molar-refractivity contribution < 1.29 is 28.5 Å². The van der Waals surface area contributed by atoms with Crippen LogP contribution >= 0.6 is 0 Å². The Kier molecular flexibility index (Phi) is 6.89. The van der Waals surface area contributed by atoms with Gasteiger partial charge in [0.1, 0.15) is 5.75 Å². The van der Waals surface area contributed by atoms with Crippen LogP contribution in [0.4, 0.5) is 11.4 Å². The molecule has 0 aromatic heterocycles. The maximum atomic E-state index is 13.0. The Bertz CT molecular complexity index is 948. The standard InChI is InChI=1S/C23H28N2O6/c1-6-28-19-11-15(12-20(29-7-2)21(19)30-8-3)22(26)24-16-9-10-18-17(13-16)25(5)23(27)14(4)31-18/h9-14H,6-8H2,1-5H3,(H,24,26). The molecule has 8 heteroatoms. The lowest BCUT2D eigenvalue weighted by molar-refractivity contribution is -0.125. The molecule has 2 aromatic rings. The second-order valence-corrected chi connectivity index (χ2v) is 6.89. The van der Waals surface area contributed by atoms with Crippen LogP contribution in [0.3, 0.4) is 0 Å². The summed E-state index contributed by atoms with van der Waals surface area (Å²) < 4.78 is 22.7. The largest absolute Gasteiger partial charge is 0.490 e. The van der Waals surface area contributed by atoms with Crippen LogP contribution in [0.15, 0.2) is 30.3 Å². The molecule has 0 saturated carbocycles. The Morgan fingerprint density at radius 2 is 1.65 bits per heavy atom. The summed E-state index contributed by atoms with van der Waals surface area (Å²) in [6.07, 6.45) is -0.546. The third-order valence-corrected chi connectivity index (χ3v) is 4.73. The van der Waals surface area contributed by atoms with E-state index in [-0.39, 0.29) is 11.8 Å². The van der Waals surface area contributed by atoms with Crippen molar-refractivity contribution >= 4 is 23.2 Å². The summed E-state index contributed by atoms with van der Waals surface area (Å²) in [4.78, 5) is 26.7. The van der Waals surface area contributed by atoms with Crippen molar-refractivity contribution in [2.45, 2.75) is 33.8 Å². The van der Waals surface area contributed by atoms with Crippen LogP contribution in [-0.2, 0) is 4.79 Å². The fraction of sp³-hybridized carbons (Fsp3) is 0.391. The molecule has 0 radical (unpaired) electrons. The van der Waals surface area contributed by atoms with Gasteiger partial charge in [-0.25, -0.2) is 0 Å². The number of nitrogens with one attached hydrogen (secondary N) is 1. The highest BCUT2D eigenvalue weighted by atomic mass is 16.5. The number of ether oxygens (including phenoxy) is 4. The smallest absolute Gasteiger partial charge is 0.267 e. The average molecular weight is 428 g/mol. The van der Waals surface area contributed by atoms with Crippen molar-refractivity contribution in [2.75, 3.05) is 37.1 Å². The molecular formula is C23H28N2O6. The summed E-state index contributed by atoms with van der Waals surface area (Å²) in [7, 11) is 1.68. The van der Waals surface area contributed by atoms with Crippen molar-refractivity contribution in [3.63, 3.8) is 0 Å². The number of likely N-dealkylation sites (N-methyl/N-ethyl adjacent to an activating group) is 1. The molecule has 1 unspecified atom stereocenters. The summed E-state index contributed by atoms with van der Waals surface area (Å²) in [5, 5.41) is 2.86. The van der Waals surface area contributed by atoms with Gasteiger partial charge in [-0.1, -0.05) is 0 Å². The van der Waals surface area contributed by atoms with Crippen molar-refractivity contribution in [3.05, 3.63) is 35.9 Å². The highest BCUT2D eigenvalue weighted by molar-refractivity contribution is 6.06. The number of hydrogen-bond acceptors (Lipinski definition) is 6. The maximum absolute atomic E-state index is 13.0. The van der Waals surface area contributed by atoms with Crippen molar-refractivity contribution in [1.29, 1.82) is 0 Å². The van der Waals surface area contributed by atoms with Crippen molar-refractivity contribution in [2.24, 2.45) is 0 Å². The predicted molar refractivity (Wildman–Crippen MR) is 118 cm³/mol. The monoisotopic (exact) mass is 428 g/mol. The van der Waals surface area contributed by atoms with Gasteiger partial charge in [-0.05, 0) is 58.0 Å².